The molecule has 2 rings (SSSR count). The van der Waals surface area contributed by atoms with Gasteiger partial charge in [0.2, 0.25) is 11.8 Å². The third-order valence-electron chi connectivity index (χ3n) is 4.26. The van der Waals surface area contributed by atoms with E-state index in [9.17, 15) is 23.9 Å². The fourth-order valence-electron chi connectivity index (χ4n) is 2.84. The minimum absolute atomic E-state index is 0. The number of amides is 2. The van der Waals surface area contributed by atoms with Crippen LogP contribution in [0.4, 0.5) is 4.39 Å². The van der Waals surface area contributed by atoms with E-state index in [0.29, 0.717) is 5.56 Å². The molecule has 0 aliphatic heterocycles. The summed E-state index contributed by atoms with van der Waals surface area (Å²) in [7, 11) is 0. The van der Waals surface area contributed by atoms with Crippen molar-refractivity contribution in [2.45, 2.75) is 38.8 Å². The van der Waals surface area contributed by atoms with E-state index in [1.165, 1.54) is 18.2 Å². The number of benzene rings is 2. The van der Waals surface area contributed by atoms with Crippen molar-refractivity contribution in [1.82, 2.24) is 10.6 Å². The van der Waals surface area contributed by atoms with Crippen LogP contribution in [0.2, 0.25) is 0 Å². The van der Waals surface area contributed by atoms with Crippen molar-refractivity contribution < 1.29 is 53.4 Å². The normalized spacial score (nSPS) is 12.2. The second-order valence-electron chi connectivity index (χ2n) is 6.43. The van der Waals surface area contributed by atoms with Crippen LogP contribution in [0.15, 0.2) is 48.5 Å². The molecule has 0 radical (unpaired) electrons. The molecule has 2 amide bonds. The van der Waals surface area contributed by atoms with E-state index in [1.807, 2.05) is 31.2 Å². The minimum atomic E-state index is -1.56. The number of aliphatic carboxylic acids is 1. The summed E-state index contributed by atoms with van der Waals surface area (Å²) >= 11 is 0. The second-order valence-corrected chi connectivity index (χ2v) is 6.43. The van der Waals surface area contributed by atoms with Crippen LogP contribution < -0.4 is 45.3 Å². The second kappa shape index (κ2) is 11.7. The minimum Gasteiger partial charge on any atom is -0.548 e. The molecule has 8 heteroatoms. The van der Waals surface area contributed by atoms with Crippen LogP contribution in [-0.4, -0.2) is 23.8 Å². The number of halogens is 1. The van der Waals surface area contributed by atoms with E-state index in [-0.39, 0.29) is 29.6 Å². The predicted molar refractivity (Wildman–Crippen MR) is 99.4 cm³/mol. The topological polar surface area (TPSA) is 98.3 Å². The summed E-state index contributed by atoms with van der Waals surface area (Å²) in [5.41, 5.74) is 2.35. The van der Waals surface area contributed by atoms with Crippen LogP contribution in [0.1, 0.15) is 43.0 Å². The molecule has 2 atom stereocenters. The van der Waals surface area contributed by atoms with E-state index >= 15 is 0 Å². The van der Waals surface area contributed by atoms with E-state index < -0.39 is 42.1 Å². The number of carboxylic acids is 1. The number of nitrogens with one attached hydrogen (secondary N) is 2. The van der Waals surface area contributed by atoms with Crippen LogP contribution in [0.3, 0.4) is 0 Å². The third kappa shape index (κ3) is 7.61. The van der Waals surface area contributed by atoms with Crippen molar-refractivity contribution in [2.75, 3.05) is 0 Å². The first-order chi connectivity index (χ1) is 13.3. The van der Waals surface area contributed by atoms with Gasteiger partial charge in [0.05, 0.1) is 24.5 Å². The van der Waals surface area contributed by atoms with Gasteiger partial charge >= 0.3 is 29.6 Å². The average molecular weight is 408 g/mol. The van der Waals surface area contributed by atoms with Crippen molar-refractivity contribution in [3.8, 4) is 0 Å². The molecule has 2 N–H and O–H groups in total. The largest absolute Gasteiger partial charge is 1.00 e. The fourth-order valence-corrected chi connectivity index (χ4v) is 2.84. The van der Waals surface area contributed by atoms with Gasteiger partial charge in [-0.25, -0.2) is 4.39 Å². The van der Waals surface area contributed by atoms with Crippen molar-refractivity contribution >= 4 is 17.8 Å². The molecule has 0 aromatic heterocycles. The van der Waals surface area contributed by atoms with Crippen molar-refractivity contribution in [3.63, 3.8) is 0 Å². The first kappa shape index (κ1) is 24.8. The maximum Gasteiger partial charge on any atom is 1.00 e. The summed E-state index contributed by atoms with van der Waals surface area (Å²) in [6.07, 6.45) is 0.349. The maximum atomic E-state index is 13.7. The van der Waals surface area contributed by atoms with Gasteiger partial charge in [0.25, 0.3) is 0 Å². The van der Waals surface area contributed by atoms with Crippen molar-refractivity contribution in [1.29, 1.82) is 0 Å². The molecular weight excluding hydrogens is 386 g/mol. The molecule has 0 fully saturated rings. The van der Waals surface area contributed by atoms with Gasteiger partial charge in [-0.05, 0) is 35.2 Å². The Labute approximate surface area is 191 Å². The van der Waals surface area contributed by atoms with Crippen molar-refractivity contribution in [2.24, 2.45) is 0 Å². The van der Waals surface area contributed by atoms with Crippen LogP contribution in [0.25, 0.3) is 0 Å². The summed E-state index contributed by atoms with van der Waals surface area (Å²) < 4.78 is 13.7. The summed E-state index contributed by atoms with van der Waals surface area (Å²) in [5.74, 6) is -3.21. The number of rotatable bonds is 8. The van der Waals surface area contributed by atoms with Gasteiger partial charge in [-0.2, -0.15) is 0 Å². The summed E-state index contributed by atoms with van der Waals surface area (Å²) in [4.78, 5) is 34.7. The number of aryl methyl sites for hydroxylation is 1. The molecule has 0 heterocycles. The molecule has 0 bridgehead atoms. The van der Waals surface area contributed by atoms with Gasteiger partial charge in [-0.15, -0.1) is 0 Å². The Bertz CT molecular complexity index is 858. The number of hydrogen-bond donors (Lipinski definition) is 2. The molecule has 29 heavy (non-hydrogen) atoms. The molecule has 148 valence electrons. The quantitative estimate of drug-likeness (QED) is 0.506. The standard InChI is InChI=1S/C21H23FN2O4.Na/c1-3-14-7-9-15(10-8-14)20(16-5-4-6-17(22)11-16)24-19(26)12-18(21(27)28)23-13(2)25;/h4-11,18,20H,3,12H2,1-2H3,(H,23,25)(H,24,26)(H,27,28);/q;+1/p-1/t18-,20?;/m0./s1. The Morgan fingerprint density at radius 3 is 2.21 bits per heavy atom. The van der Waals surface area contributed by atoms with Crippen LogP contribution in [-0.2, 0) is 20.8 Å². The molecule has 6 nitrogen and oxygen atoms in total. The summed E-state index contributed by atoms with van der Waals surface area (Å²) in [6, 6.07) is 11.2. The molecule has 0 saturated heterocycles. The number of carbonyl (C=O) groups is 3. The van der Waals surface area contributed by atoms with E-state index in [1.54, 1.807) is 6.07 Å². The molecule has 0 aliphatic carbocycles. The molecular formula is C21H22FN2NaO4. The molecule has 1 unspecified atom stereocenters. The van der Waals surface area contributed by atoms with Gasteiger partial charge in [-0.1, -0.05) is 43.3 Å². The Kier molecular flexibility index (Phi) is 10.0. The smallest absolute Gasteiger partial charge is 0.548 e. The molecule has 2 aromatic rings. The van der Waals surface area contributed by atoms with Crippen LogP contribution in [0.5, 0.6) is 0 Å². The van der Waals surface area contributed by atoms with Gasteiger partial charge in [0.1, 0.15) is 5.82 Å². The number of carbonyl (C=O) groups excluding carboxylic acids is 3. The molecule has 2 aromatic carbocycles. The van der Waals surface area contributed by atoms with Crippen LogP contribution >= 0.6 is 0 Å². The predicted octanol–water partition coefficient (Wildman–Crippen LogP) is -1.76. The Balaban J connectivity index is 0.00000420. The van der Waals surface area contributed by atoms with Gasteiger partial charge in [0, 0.05) is 6.92 Å². The maximum absolute atomic E-state index is 13.7. The fraction of sp³-hybridized carbons (Fsp3) is 0.286. The molecule has 0 saturated carbocycles. The molecule has 0 spiro atoms. The summed E-state index contributed by atoms with van der Waals surface area (Å²) in [5, 5.41) is 16.0. The zero-order valence-corrected chi connectivity index (χ0v) is 18.7. The summed E-state index contributed by atoms with van der Waals surface area (Å²) in [6.45, 7) is 3.17. The Hall–Kier alpha value is -2.22. The average Bonchev–Trinajstić information content (AvgIpc) is 2.65. The zero-order valence-electron chi connectivity index (χ0n) is 16.7. The Morgan fingerprint density at radius 2 is 1.69 bits per heavy atom. The Morgan fingerprint density at radius 1 is 1.03 bits per heavy atom. The van der Waals surface area contributed by atoms with Crippen molar-refractivity contribution in [3.05, 3.63) is 71.0 Å². The number of carboxylic acid groups (broad SMARTS) is 1. The van der Waals surface area contributed by atoms with Gasteiger partial charge in [-0.3, -0.25) is 9.59 Å². The zero-order chi connectivity index (χ0) is 20.7. The monoisotopic (exact) mass is 408 g/mol. The van der Waals surface area contributed by atoms with E-state index in [4.69, 9.17) is 0 Å². The van der Waals surface area contributed by atoms with Gasteiger partial charge in [0.15, 0.2) is 0 Å². The van der Waals surface area contributed by atoms with Gasteiger partial charge < -0.3 is 20.5 Å². The molecule has 0 aliphatic rings. The SMILES string of the molecule is CCc1ccc(C(NC(=O)C[C@H](NC(C)=O)C(=O)[O-])c2cccc(F)c2)cc1.[Na+]. The first-order valence-electron chi connectivity index (χ1n) is 8.91. The first-order valence-corrected chi connectivity index (χ1v) is 8.91. The third-order valence-corrected chi connectivity index (χ3v) is 4.26. The van der Waals surface area contributed by atoms with Crippen LogP contribution in [0, 0.1) is 5.82 Å². The van der Waals surface area contributed by atoms with E-state index in [0.717, 1.165) is 24.5 Å². The number of hydrogen-bond acceptors (Lipinski definition) is 4. The van der Waals surface area contributed by atoms with E-state index in [2.05, 4.69) is 10.6 Å².